The Balaban J connectivity index is 1.53. The number of allylic oxidation sites excluding steroid dienone is 4. The van der Waals surface area contributed by atoms with Crippen LogP contribution >= 0.6 is 0 Å². The zero-order valence-corrected chi connectivity index (χ0v) is 34.2. The standard InChI is InChI=1S/C56H56/c1-9-24-49(41(8)48-33-23-22-26-38(48)5)50(25-10-2)54(42-27-16-13-17-28-42)40(7)43-34-35-51-52(37-43)56(44-29-18-14-19-30-44,45-31-20-15-21-32-45)53-36-39(6)46(11-3)47(12-4)55(51)53/h11-23,25-37,40,54H,3-4,9-10,24H2,1-2,5-8H3/b49-41+,50-25+. The third kappa shape index (κ3) is 6.56. The second kappa shape index (κ2) is 16.6. The van der Waals surface area contributed by atoms with E-state index in [0.717, 1.165) is 30.4 Å². The number of rotatable bonds is 13. The van der Waals surface area contributed by atoms with Gasteiger partial charge in [0.2, 0.25) is 0 Å². The Labute approximate surface area is 336 Å². The van der Waals surface area contributed by atoms with Crippen molar-refractivity contribution in [2.24, 2.45) is 0 Å². The second-order valence-electron chi connectivity index (χ2n) is 15.6. The lowest BCUT2D eigenvalue weighted by Crippen LogP contribution is -2.29. The molecule has 0 fully saturated rings. The molecule has 7 rings (SSSR count). The van der Waals surface area contributed by atoms with E-state index >= 15 is 0 Å². The van der Waals surface area contributed by atoms with Gasteiger partial charge in [-0.1, -0.05) is 198 Å². The normalized spacial score (nSPS) is 14.6. The first kappa shape index (κ1) is 38.6. The predicted molar refractivity (Wildman–Crippen MR) is 243 cm³/mol. The summed E-state index contributed by atoms with van der Waals surface area (Å²) in [5.74, 6) is 0.328. The lowest BCUT2D eigenvalue weighted by atomic mass is 9.66. The minimum absolute atomic E-state index is 0.152. The van der Waals surface area contributed by atoms with Crippen LogP contribution in [0.5, 0.6) is 0 Å². The summed E-state index contributed by atoms with van der Waals surface area (Å²) < 4.78 is 0. The van der Waals surface area contributed by atoms with Gasteiger partial charge in [-0.15, -0.1) is 0 Å². The van der Waals surface area contributed by atoms with Gasteiger partial charge in [0, 0.05) is 5.92 Å². The van der Waals surface area contributed by atoms with Gasteiger partial charge >= 0.3 is 0 Å². The van der Waals surface area contributed by atoms with Gasteiger partial charge in [0.05, 0.1) is 5.41 Å². The third-order valence-electron chi connectivity index (χ3n) is 12.4. The molecule has 0 spiro atoms. The van der Waals surface area contributed by atoms with E-state index in [-0.39, 0.29) is 11.8 Å². The molecular formula is C56H56. The molecule has 56 heavy (non-hydrogen) atoms. The molecule has 280 valence electrons. The molecule has 1 aliphatic carbocycles. The molecular weight excluding hydrogens is 673 g/mol. The smallest absolute Gasteiger partial charge is 0.0713 e. The summed E-state index contributed by atoms with van der Waals surface area (Å²) in [6, 6.07) is 52.2. The maximum atomic E-state index is 4.38. The topological polar surface area (TPSA) is 0 Å². The highest BCUT2D eigenvalue weighted by Gasteiger charge is 2.47. The van der Waals surface area contributed by atoms with E-state index < -0.39 is 5.41 Å². The third-order valence-corrected chi connectivity index (χ3v) is 12.4. The molecule has 0 aliphatic heterocycles. The van der Waals surface area contributed by atoms with Crippen LogP contribution in [0.1, 0.15) is 120 Å². The predicted octanol–water partition coefficient (Wildman–Crippen LogP) is 15.5. The van der Waals surface area contributed by atoms with Crippen molar-refractivity contribution < 1.29 is 0 Å². The van der Waals surface area contributed by atoms with Crippen molar-refractivity contribution in [1.29, 1.82) is 0 Å². The van der Waals surface area contributed by atoms with Crippen LogP contribution in [-0.2, 0) is 5.41 Å². The van der Waals surface area contributed by atoms with Crippen molar-refractivity contribution in [3.63, 3.8) is 0 Å². The maximum Gasteiger partial charge on any atom is 0.0713 e. The van der Waals surface area contributed by atoms with E-state index in [0.29, 0.717) is 0 Å². The van der Waals surface area contributed by atoms with Crippen LogP contribution in [0.2, 0.25) is 0 Å². The minimum atomic E-state index is -0.524. The Bertz CT molecular complexity index is 2380. The monoisotopic (exact) mass is 728 g/mol. The van der Waals surface area contributed by atoms with Crippen molar-refractivity contribution in [3.05, 3.63) is 231 Å². The van der Waals surface area contributed by atoms with Crippen LogP contribution < -0.4 is 0 Å². The summed E-state index contributed by atoms with van der Waals surface area (Å²) in [7, 11) is 0. The molecule has 0 radical (unpaired) electrons. The quantitative estimate of drug-likeness (QED) is 0.104. The summed E-state index contributed by atoms with van der Waals surface area (Å²) in [5.41, 5.74) is 20.4. The highest BCUT2D eigenvalue weighted by atomic mass is 14.5. The van der Waals surface area contributed by atoms with Crippen LogP contribution in [0.25, 0.3) is 28.9 Å². The second-order valence-corrected chi connectivity index (χ2v) is 15.6. The molecule has 0 saturated heterocycles. The molecule has 0 N–H and O–H groups in total. The van der Waals surface area contributed by atoms with Crippen molar-refractivity contribution in [2.45, 2.75) is 78.1 Å². The van der Waals surface area contributed by atoms with E-state index in [1.807, 2.05) is 12.2 Å². The molecule has 2 unspecified atom stereocenters. The lowest BCUT2D eigenvalue weighted by Gasteiger charge is -2.35. The number of fused-ring (bicyclic) bond motifs is 3. The first-order valence-electron chi connectivity index (χ1n) is 20.5. The van der Waals surface area contributed by atoms with Gasteiger partial charge in [-0.05, 0) is 129 Å². The summed E-state index contributed by atoms with van der Waals surface area (Å²) in [6.07, 6.45) is 9.65. The van der Waals surface area contributed by atoms with Gasteiger partial charge in [-0.25, -0.2) is 0 Å². The molecule has 0 saturated carbocycles. The summed E-state index contributed by atoms with van der Waals surface area (Å²) in [5, 5.41) is 0. The average molecular weight is 729 g/mol. The Kier molecular flexibility index (Phi) is 11.4. The Morgan fingerprint density at radius 2 is 1.23 bits per heavy atom. The fraction of sp³-hybridized carbons (Fsp3) is 0.214. The molecule has 0 amide bonds. The van der Waals surface area contributed by atoms with Crippen molar-refractivity contribution >= 4 is 17.7 Å². The first-order valence-corrected chi connectivity index (χ1v) is 20.5. The van der Waals surface area contributed by atoms with Gasteiger partial charge in [-0.3, -0.25) is 0 Å². The van der Waals surface area contributed by atoms with Crippen molar-refractivity contribution in [3.8, 4) is 11.1 Å². The van der Waals surface area contributed by atoms with E-state index in [4.69, 9.17) is 0 Å². The SMILES string of the molecule is C=Cc1c(C)cc2c(c1C=C)-c1ccc(C(C)C(C(=C/CC)/C(CCC)=C(\C)c3ccccc3C)c3ccccc3)cc1C2(c1ccccc1)c1ccccc1. The first-order chi connectivity index (χ1) is 27.3. The summed E-state index contributed by atoms with van der Waals surface area (Å²) in [4.78, 5) is 0. The Morgan fingerprint density at radius 1 is 0.643 bits per heavy atom. The molecule has 2 atom stereocenters. The van der Waals surface area contributed by atoms with Gasteiger partial charge in [0.15, 0.2) is 0 Å². The molecule has 0 bridgehead atoms. The largest absolute Gasteiger partial charge is 0.0984 e. The summed E-state index contributed by atoms with van der Waals surface area (Å²) in [6.45, 7) is 22.5. The fourth-order valence-corrected chi connectivity index (χ4v) is 9.81. The maximum absolute atomic E-state index is 4.38. The Hall–Kier alpha value is -5.72. The number of hydrogen-bond donors (Lipinski definition) is 0. The molecule has 0 nitrogen and oxygen atoms in total. The van der Waals surface area contributed by atoms with Crippen LogP contribution in [0.4, 0.5) is 0 Å². The van der Waals surface area contributed by atoms with Crippen LogP contribution in [0.15, 0.2) is 170 Å². The average Bonchev–Trinajstić information content (AvgIpc) is 3.52. The number of benzene rings is 6. The van der Waals surface area contributed by atoms with E-state index in [1.165, 1.54) is 77.9 Å². The molecule has 0 heterocycles. The number of hydrogen-bond acceptors (Lipinski definition) is 0. The zero-order chi connectivity index (χ0) is 39.4. The van der Waals surface area contributed by atoms with Crippen LogP contribution in [0, 0.1) is 13.8 Å². The van der Waals surface area contributed by atoms with Gasteiger partial charge in [-0.2, -0.15) is 0 Å². The highest BCUT2D eigenvalue weighted by Crippen LogP contribution is 2.59. The summed E-state index contributed by atoms with van der Waals surface area (Å²) >= 11 is 0. The van der Waals surface area contributed by atoms with E-state index in [9.17, 15) is 0 Å². The molecule has 0 heteroatoms. The van der Waals surface area contributed by atoms with Crippen molar-refractivity contribution in [1.82, 2.24) is 0 Å². The van der Waals surface area contributed by atoms with Crippen LogP contribution in [-0.4, -0.2) is 0 Å². The zero-order valence-electron chi connectivity index (χ0n) is 34.2. The van der Waals surface area contributed by atoms with Gasteiger partial charge < -0.3 is 0 Å². The molecule has 1 aliphatic rings. The van der Waals surface area contributed by atoms with Crippen LogP contribution in [0.3, 0.4) is 0 Å². The fourth-order valence-electron chi connectivity index (χ4n) is 9.81. The van der Waals surface area contributed by atoms with Gasteiger partial charge in [0.25, 0.3) is 0 Å². The van der Waals surface area contributed by atoms with E-state index in [1.54, 1.807) is 0 Å². The molecule has 6 aromatic carbocycles. The molecule has 6 aromatic rings. The number of aryl methyl sites for hydroxylation is 2. The molecule has 0 aromatic heterocycles. The van der Waals surface area contributed by atoms with Gasteiger partial charge in [0.1, 0.15) is 0 Å². The lowest BCUT2D eigenvalue weighted by molar-refractivity contribution is 0.639. The highest BCUT2D eigenvalue weighted by molar-refractivity contribution is 5.94. The van der Waals surface area contributed by atoms with Crippen molar-refractivity contribution in [2.75, 3.05) is 0 Å². The minimum Gasteiger partial charge on any atom is -0.0984 e. The Morgan fingerprint density at radius 3 is 1.80 bits per heavy atom. The van der Waals surface area contributed by atoms with E-state index in [2.05, 4.69) is 200 Å².